The van der Waals surface area contributed by atoms with E-state index in [9.17, 15) is 4.79 Å². The van der Waals surface area contributed by atoms with E-state index in [2.05, 4.69) is 0 Å². The molecule has 16 heavy (non-hydrogen) atoms. The number of hydrogen-bond donors (Lipinski definition) is 1. The lowest BCUT2D eigenvalue weighted by Crippen LogP contribution is -2.30. The summed E-state index contributed by atoms with van der Waals surface area (Å²) < 4.78 is 0. The van der Waals surface area contributed by atoms with Crippen molar-refractivity contribution in [2.75, 3.05) is 29.2 Å². The molecule has 0 bridgehead atoms. The highest BCUT2D eigenvalue weighted by Crippen LogP contribution is 2.18. The molecule has 0 saturated carbocycles. The predicted molar refractivity (Wildman–Crippen MR) is 71.9 cm³/mol. The highest BCUT2D eigenvalue weighted by Gasteiger charge is 2.12. The predicted octanol–water partition coefficient (Wildman–Crippen LogP) is 2.37. The molecule has 0 spiro atoms. The zero-order valence-corrected chi connectivity index (χ0v) is 10.6. The van der Waals surface area contributed by atoms with E-state index in [1.165, 1.54) is 0 Å². The number of carbonyl (C=O) groups is 1. The van der Waals surface area contributed by atoms with Crippen LogP contribution in [-0.2, 0) is 4.79 Å². The van der Waals surface area contributed by atoms with Gasteiger partial charge in [0.25, 0.3) is 0 Å². The molecular formula is C12H18N2OS. The molecule has 2 N–H and O–H groups in total. The third-order valence-corrected chi connectivity index (χ3v) is 2.93. The normalized spacial score (nSPS) is 10.1. The molecule has 1 rings (SSSR count). The number of carbonyl (C=O) groups excluding carboxylic acids is 1. The smallest absolute Gasteiger partial charge is 0.227 e. The van der Waals surface area contributed by atoms with E-state index >= 15 is 0 Å². The van der Waals surface area contributed by atoms with Crippen molar-refractivity contribution in [3.63, 3.8) is 0 Å². The van der Waals surface area contributed by atoms with E-state index in [0.29, 0.717) is 18.7 Å². The Morgan fingerprint density at radius 3 is 2.81 bits per heavy atom. The quantitative estimate of drug-likeness (QED) is 0.801. The first-order valence-corrected chi connectivity index (χ1v) is 6.73. The fourth-order valence-corrected chi connectivity index (χ4v) is 1.90. The van der Waals surface area contributed by atoms with Gasteiger partial charge in [-0.25, -0.2) is 0 Å². The summed E-state index contributed by atoms with van der Waals surface area (Å²) in [4.78, 5) is 13.7. The third-order valence-electron chi connectivity index (χ3n) is 2.32. The largest absolute Gasteiger partial charge is 0.399 e. The molecule has 0 heterocycles. The first kappa shape index (κ1) is 12.9. The lowest BCUT2D eigenvalue weighted by atomic mass is 10.2. The van der Waals surface area contributed by atoms with Crippen molar-refractivity contribution < 1.29 is 4.79 Å². The van der Waals surface area contributed by atoms with Crippen LogP contribution in [0.2, 0.25) is 0 Å². The number of hydrogen-bond acceptors (Lipinski definition) is 3. The summed E-state index contributed by atoms with van der Waals surface area (Å²) in [5.41, 5.74) is 7.28. The molecule has 4 heteroatoms. The SMILES string of the molecule is CCN(C(=O)CCSC)c1cccc(N)c1. The number of nitrogens with zero attached hydrogens (tertiary/aromatic N) is 1. The van der Waals surface area contributed by atoms with Crippen LogP contribution in [0.1, 0.15) is 13.3 Å². The Balaban J connectivity index is 2.77. The lowest BCUT2D eigenvalue weighted by molar-refractivity contribution is -0.118. The van der Waals surface area contributed by atoms with Crippen molar-refractivity contribution in [3.8, 4) is 0 Å². The molecule has 0 aliphatic carbocycles. The van der Waals surface area contributed by atoms with Crippen molar-refractivity contribution in [1.82, 2.24) is 0 Å². The lowest BCUT2D eigenvalue weighted by Gasteiger charge is -2.21. The van der Waals surface area contributed by atoms with Crippen LogP contribution in [0.25, 0.3) is 0 Å². The molecule has 0 unspecified atom stereocenters. The monoisotopic (exact) mass is 238 g/mol. The summed E-state index contributed by atoms with van der Waals surface area (Å²) in [6, 6.07) is 7.44. The van der Waals surface area contributed by atoms with Gasteiger partial charge >= 0.3 is 0 Å². The second-order valence-electron chi connectivity index (χ2n) is 3.48. The Kier molecular flexibility index (Phi) is 5.19. The highest BCUT2D eigenvalue weighted by atomic mass is 32.2. The van der Waals surface area contributed by atoms with Gasteiger partial charge in [0.1, 0.15) is 0 Å². The van der Waals surface area contributed by atoms with E-state index < -0.39 is 0 Å². The topological polar surface area (TPSA) is 46.3 Å². The average molecular weight is 238 g/mol. The maximum Gasteiger partial charge on any atom is 0.227 e. The molecule has 0 aliphatic rings. The van der Waals surface area contributed by atoms with Crippen molar-refractivity contribution in [3.05, 3.63) is 24.3 Å². The number of nitrogen functional groups attached to an aromatic ring is 1. The van der Waals surface area contributed by atoms with Crippen LogP contribution in [0, 0.1) is 0 Å². The Labute approximate surface area is 101 Å². The minimum absolute atomic E-state index is 0.155. The molecule has 3 nitrogen and oxygen atoms in total. The van der Waals surface area contributed by atoms with Crippen molar-refractivity contribution in [2.45, 2.75) is 13.3 Å². The molecule has 0 aliphatic heterocycles. The van der Waals surface area contributed by atoms with Crippen LogP contribution in [-0.4, -0.2) is 24.5 Å². The second-order valence-corrected chi connectivity index (χ2v) is 4.46. The number of benzene rings is 1. The fraction of sp³-hybridized carbons (Fsp3) is 0.417. The van der Waals surface area contributed by atoms with Gasteiger partial charge in [-0.2, -0.15) is 11.8 Å². The van der Waals surface area contributed by atoms with Gasteiger partial charge in [-0.05, 0) is 31.4 Å². The van der Waals surface area contributed by atoms with Crippen LogP contribution in [0.3, 0.4) is 0 Å². The van der Waals surface area contributed by atoms with Gasteiger partial charge in [0.2, 0.25) is 5.91 Å². The summed E-state index contributed by atoms with van der Waals surface area (Å²) in [6.45, 7) is 2.65. The molecule has 0 atom stereocenters. The van der Waals surface area contributed by atoms with Gasteiger partial charge in [0, 0.05) is 30.1 Å². The van der Waals surface area contributed by atoms with Gasteiger partial charge in [-0.15, -0.1) is 0 Å². The van der Waals surface area contributed by atoms with E-state index in [4.69, 9.17) is 5.73 Å². The summed E-state index contributed by atoms with van der Waals surface area (Å²) in [5, 5.41) is 0. The van der Waals surface area contributed by atoms with Gasteiger partial charge in [-0.3, -0.25) is 4.79 Å². The van der Waals surface area contributed by atoms with E-state index in [1.807, 2.05) is 37.4 Å². The Bertz CT molecular complexity index is 355. The van der Waals surface area contributed by atoms with Gasteiger partial charge in [-0.1, -0.05) is 6.07 Å². The fourth-order valence-electron chi connectivity index (χ4n) is 1.52. The van der Waals surface area contributed by atoms with Gasteiger partial charge in [0.15, 0.2) is 0 Å². The summed E-state index contributed by atoms with van der Waals surface area (Å²) in [6.07, 6.45) is 2.58. The van der Waals surface area contributed by atoms with Crippen LogP contribution < -0.4 is 10.6 Å². The Hall–Kier alpha value is -1.16. The van der Waals surface area contributed by atoms with Crippen LogP contribution in [0.15, 0.2) is 24.3 Å². The van der Waals surface area contributed by atoms with Crippen molar-refractivity contribution in [1.29, 1.82) is 0 Å². The van der Waals surface area contributed by atoms with E-state index in [0.717, 1.165) is 11.4 Å². The maximum absolute atomic E-state index is 11.9. The highest BCUT2D eigenvalue weighted by molar-refractivity contribution is 7.98. The molecule has 88 valence electrons. The van der Waals surface area contributed by atoms with E-state index in [-0.39, 0.29) is 5.91 Å². The first-order valence-electron chi connectivity index (χ1n) is 5.34. The number of nitrogens with two attached hydrogens (primary N) is 1. The average Bonchev–Trinajstić information content (AvgIpc) is 2.27. The van der Waals surface area contributed by atoms with Crippen LogP contribution >= 0.6 is 11.8 Å². The zero-order chi connectivity index (χ0) is 12.0. The number of rotatable bonds is 5. The van der Waals surface area contributed by atoms with Crippen LogP contribution in [0.5, 0.6) is 0 Å². The van der Waals surface area contributed by atoms with Crippen LogP contribution in [0.4, 0.5) is 11.4 Å². The Morgan fingerprint density at radius 2 is 2.25 bits per heavy atom. The standard InChI is InChI=1S/C12H18N2OS/c1-3-14(12(15)7-8-16-2)11-6-4-5-10(13)9-11/h4-6,9H,3,7-8,13H2,1-2H3. The zero-order valence-electron chi connectivity index (χ0n) is 9.77. The maximum atomic E-state index is 11.9. The molecule has 1 aromatic rings. The third kappa shape index (κ3) is 3.45. The molecule has 0 fully saturated rings. The van der Waals surface area contributed by atoms with Gasteiger partial charge < -0.3 is 10.6 Å². The molecule has 0 aromatic heterocycles. The summed E-state index contributed by atoms with van der Waals surface area (Å²) >= 11 is 1.68. The molecule has 0 radical (unpaired) electrons. The molecule has 1 aromatic carbocycles. The second kappa shape index (κ2) is 6.43. The van der Waals surface area contributed by atoms with Gasteiger partial charge in [0.05, 0.1) is 0 Å². The minimum atomic E-state index is 0.155. The summed E-state index contributed by atoms with van der Waals surface area (Å²) in [5.74, 6) is 1.01. The molecular weight excluding hydrogens is 220 g/mol. The summed E-state index contributed by atoms with van der Waals surface area (Å²) in [7, 11) is 0. The first-order chi connectivity index (χ1) is 7.69. The van der Waals surface area contributed by atoms with Crippen molar-refractivity contribution >= 4 is 29.0 Å². The molecule has 1 amide bonds. The van der Waals surface area contributed by atoms with Crippen molar-refractivity contribution in [2.24, 2.45) is 0 Å². The number of amides is 1. The Morgan fingerprint density at radius 1 is 1.50 bits per heavy atom. The molecule has 0 saturated heterocycles. The number of thioether (sulfide) groups is 1. The minimum Gasteiger partial charge on any atom is -0.399 e. The van der Waals surface area contributed by atoms with E-state index in [1.54, 1.807) is 16.7 Å². The number of anilines is 2.